The SMILES string of the molecule is C=CCCC1CCC(CCc2ccc(-c3ccc(-c4ccc(OCC)c(F)c4F)c(F)c3F)c(F)c2F)CO1. The molecule has 0 bridgehead atoms. The van der Waals surface area contributed by atoms with Gasteiger partial charge in [0.15, 0.2) is 34.8 Å². The maximum absolute atomic E-state index is 15.1. The summed E-state index contributed by atoms with van der Waals surface area (Å²) >= 11 is 0. The number of aryl methyl sites for hydroxylation is 1. The van der Waals surface area contributed by atoms with E-state index in [0.717, 1.165) is 49.9 Å². The summed E-state index contributed by atoms with van der Waals surface area (Å²) < 4.78 is 99.7. The Morgan fingerprint density at radius 2 is 1.33 bits per heavy atom. The fourth-order valence-corrected chi connectivity index (χ4v) is 4.94. The van der Waals surface area contributed by atoms with Crippen LogP contribution in [0.2, 0.25) is 0 Å². The summed E-state index contributed by atoms with van der Waals surface area (Å²) in [5, 5.41) is 0. The molecule has 1 fully saturated rings. The number of hydrogen-bond donors (Lipinski definition) is 0. The van der Waals surface area contributed by atoms with Crippen LogP contribution in [0.15, 0.2) is 49.1 Å². The number of allylic oxidation sites excluding steroid dienone is 1. The minimum atomic E-state index is -1.51. The summed E-state index contributed by atoms with van der Waals surface area (Å²) in [7, 11) is 0. The molecule has 1 heterocycles. The summed E-state index contributed by atoms with van der Waals surface area (Å²) in [4.78, 5) is 0. The van der Waals surface area contributed by atoms with Gasteiger partial charge in [-0.3, -0.25) is 0 Å². The zero-order chi connectivity index (χ0) is 28.1. The van der Waals surface area contributed by atoms with Crippen molar-refractivity contribution in [3.63, 3.8) is 0 Å². The Bertz CT molecular complexity index is 1330. The minimum absolute atomic E-state index is 0.0835. The van der Waals surface area contributed by atoms with Crippen molar-refractivity contribution in [3.05, 3.63) is 89.5 Å². The van der Waals surface area contributed by atoms with Crippen LogP contribution >= 0.6 is 0 Å². The van der Waals surface area contributed by atoms with E-state index in [1.54, 1.807) is 6.92 Å². The average Bonchev–Trinajstić information content (AvgIpc) is 2.94. The van der Waals surface area contributed by atoms with E-state index in [2.05, 4.69) is 6.58 Å². The fourth-order valence-electron chi connectivity index (χ4n) is 4.94. The molecule has 2 unspecified atom stereocenters. The average molecular weight is 549 g/mol. The molecule has 8 heteroatoms. The van der Waals surface area contributed by atoms with Gasteiger partial charge in [0.1, 0.15) is 0 Å². The third-order valence-corrected chi connectivity index (χ3v) is 7.15. The van der Waals surface area contributed by atoms with Gasteiger partial charge in [-0.05, 0) is 69.1 Å². The molecule has 2 nitrogen and oxygen atoms in total. The van der Waals surface area contributed by atoms with Crippen molar-refractivity contribution in [2.45, 2.75) is 51.6 Å². The Hall–Kier alpha value is -3.26. The van der Waals surface area contributed by atoms with Crippen LogP contribution in [0.1, 0.15) is 44.6 Å². The highest BCUT2D eigenvalue weighted by Gasteiger charge is 2.25. The molecule has 0 saturated carbocycles. The fraction of sp³-hybridized carbons (Fsp3) is 0.355. The molecule has 0 aromatic heterocycles. The second-order valence-electron chi connectivity index (χ2n) is 9.66. The molecule has 1 aliphatic heterocycles. The topological polar surface area (TPSA) is 18.5 Å². The predicted molar refractivity (Wildman–Crippen MR) is 138 cm³/mol. The quantitative estimate of drug-likeness (QED) is 0.186. The molecule has 1 saturated heterocycles. The van der Waals surface area contributed by atoms with Gasteiger partial charge in [0.2, 0.25) is 5.82 Å². The molecule has 3 aromatic rings. The highest BCUT2D eigenvalue weighted by Crippen LogP contribution is 2.37. The molecule has 4 rings (SSSR count). The van der Waals surface area contributed by atoms with Gasteiger partial charge in [0.05, 0.1) is 12.7 Å². The summed E-state index contributed by atoms with van der Waals surface area (Å²) in [6.45, 7) is 5.93. The van der Waals surface area contributed by atoms with Gasteiger partial charge >= 0.3 is 0 Å². The number of halogens is 6. The molecule has 0 amide bonds. The molecule has 3 aromatic carbocycles. The standard InChI is InChI=1S/C31H30F6O2/c1-3-5-6-20-11-8-18(17-39-20)7-9-19-10-12-21(27(33)26(19)32)22-13-14-23(29(35)28(22)34)24-15-16-25(38-4-2)31(37)30(24)36/h3,10,12-16,18,20H,1,4-9,11,17H2,2H3. The zero-order valence-corrected chi connectivity index (χ0v) is 21.6. The number of ether oxygens (including phenoxy) is 2. The largest absolute Gasteiger partial charge is 0.491 e. The predicted octanol–water partition coefficient (Wildman–Crippen LogP) is 8.95. The zero-order valence-electron chi connectivity index (χ0n) is 21.6. The van der Waals surface area contributed by atoms with Gasteiger partial charge in [0.25, 0.3) is 0 Å². The molecule has 1 aliphatic rings. The van der Waals surface area contributed by atoms with Crippen LogP contribution < -0.4 is 4.74 Å². The van der Waals surface area contributed by atoms with Crippen molar-refractivity contribution in [3.8, 4) is 28.0 Å². The van der Waals surface area contributed by atoms with Gasteiger partial charge in [-0.2, -0.15) is 4.39 Å². The van der Waals surface area contributed by atoms with Crippen molar-refractivity contribution in [1.82, 2.24) is 0 Å². The van der Waals surface area contributed by atoms with Crippen LogP contribution in [0.4, 0.5) is 26.3 Å². The molecular formula is C31H30F6O2. The second-order valence-corrected chi connectivity index (χ2v) is 9.66. The van der Waals surface area contributed by atoms with Crippen LogP contribution in [0.5, 0.6) is 5.75 Å². The van der Waals surface area contributed by atoms with Gasteiger partial charge in [-0.15, -0.1) is 6.58 Å². The Morgan fingerprint density at radius 3 is 1.90 bits per heavy atom. The van der Waals surface area contributed by atoms with E-state index < -0.39 is 57.2 Å². The van der Waals surface area contributed by atoms with Gasteiger partial charge in [-0.1, -0.05) is 30.3 Å². The van der Waals surface area contributed by atoms with Crippen molar-refractivity contribution >= 4 is 0 Å². The first-order valence-corrected chi connectivity index (χ1v) is 13.1. The van der Waals surface area contributed by atoms with Crippen molar-refractivity contribution in [1.29, 1.82) is 0 Å². The molecule has 2 atom stereocenters. The summed E-state index contributed by atoms with van der Waals surface area (Å²) in [6.07, 6.45) is 6.56. The lowest BCUT2D eigenvalue weighted by Gasteiger charge is -2.29. The lowest BCUT2D eigenvalue weighted by Crippen LogP contribution is -2.26. The molecule has 0 spiro atoms. The van der Waals surface area contributed by atoms with Crippen LogP contribution in [-0.4, -0.2) is 19.3 Å². The Balaban J connectivity index is 1.52. The smallest absolute Gasteiger partial charge is 0.201 e. The lowest BCUT2D eigenvalue weighted by atomic mass is 9.90. The van der Waals surface area contributed by atoms with Gasteiger partial charge < -0.3 is 9.47 Å². The highest BCUT2D eigenvalue weighted by molar-refractivity contribution is 5.73. The molecule has 208 valence electrons. The molecule has 0 aliphatic carbocycles. The van der Waals surface area contributed by atoms with Crippen LogP contribution in [0.3, 0.4) is 0 Å². The van der Waals surface area contributed by atoms with E-state index in [9.17, 15) is 17.6 Å². The third kappa shape index (κ3) is 6.16. The Labute approximate surface area is 224 Å². The van der Waals surface area contributed by atoms with Crippen molar-refractivity contribution < 1.29 is 35.8 Å². The summed E-state index contributed by atoms with van der Waals surface area (Å²) in [5.41, 5.74) is -1.95. The molecule has 39 heavy (non-hydrogen) atoms. The summed E-state index contributed by atoms with van der Waals surface area (Å²) in [5.74, 6) is -8.34. The number of hydrogen-bond acceptors (Lipinski definition) is 2. The monoisotopic (exact) mass is 548 g/mol. The molecular weight excluding hydrogens is 518 g/mol. The first-order chi connectivity index (χ1) is 18.8. The van der Waals surface area contributed by atoms with Crippen LogP contribution in [0.25, 0.3) is 22.3 Å². The maximum atomic E-state index is 15.1. The maximum Gasteiger partial charge on any atom is 0.201 e. The van der Waals surface area contributed by atoms with Crippen LogP contribution in [0, 0.1) is 40.8 Å². The lowest BCUT2D eigenvalue weighted by molar-refractivity contribution is -0.0210. The van der Waals surface area contributed by atoms with Gasteiger partial charge in [-0.25, -0.2) is 22.0 Å². The van der Waals surface area contributed by atoms with E-state index in [0.29, 0.717) is 13.0 Å². The van der Waals surface area contributed by atoms with Gasteiger partial charge in [0, 0.05) is 28.9 Å². The van der Waals surface area contributed by atoms with E-state index in [4.69, 9.17) is 9.47 Å². The highest BCUT2D eigenvalue weighted by atomic mass is 19.2. The first-order valence-electron chi connectivity index (χ1n) is 13.1. The van der Waals surface area contributed by atoms with E-state index in [1.165, 1.54) is 12.1 Å². The Kier molecular flexibility index (Phi) is 9.38. The van der Waals surface area contributed by atoms with Crippen molar-refractivity contribution in [2.24, 2.45) is 5.92 Å². The van der Waals surface area contributed by atoms with Crippen molar-refractivity contribution in [2.75, 3.05) is 13.2 Å². The minimum Gasteiger partial charge on any atom is -0.491 e. The number of rotatable bonds is 10. The third-order valence-electron chi connectivity index (χ3n) is 7.15. The second kappa shape index (κ2) is 12.7. The van der Waals surface area contributed by atoms with E-state index >= 15 is 8.78 Å². The Morgan fingerprint density at radius 1 is 0.769 bits per heavy atom. The molecule has 0 N–H and O–H groups in total. The van der Waals surface area contributed by atoms with Crippen LogP contribution in [-0.2, 0) is 11.2 Å². The first kappa shape index (κ1) is 28.7. The summed E-state index contributed by atoms with van der Waals surface area (Å²) in [6, 6.07) is 6.75. The number of benzene rings is 3. The van der Waals surface area contributed by atoms with E-state index in [1.807, 2.05) is 6.08 Å². The molecule has 0 radical (unpaired) electrons. The normalized spacial score (nSPS) is 17.3. The van der Waals surface area contributed by atoms with E-state index in [-0.39, 0.29) is 36.4 Å².